The summed E-state index contributed by atoms with van der Waals surface area (Å²) in [6, 6.07) is 0. The van der Waals surface area contributed by atoms with E-state index in [0.29, 0.717) is 17.3 Å². The van der Waals surface area contributed by atoms with Gasteiger partial charge in [-0.1, -0.05) is 18.2 Å². The average Bonchev–Trinajstić information content (AvgIpc) is 2.59. The van der Waals surface area contributed by atoms with Gasteiger partial charge in [0.15, 0.2) is 17.5 Å². The summed E-state index contributed by atoms with van der Waals surface area (Å²) >= 11 is 0.436. The molecule has 1 aromatic carbocycles. The van der Waals surface area contributed by atoms with Crippen LogP contribution in [0.3, 0.4) is 0 Å². The fraction of sp³-hybridized carbons (Fsp3) is 0.312. The van der Waals surface area contributed by atoms with Crippen LogP contribution >= 0.6 is 11.8 Å². The Hall–Kier alpha value is -1.98. The van der Waals surface area contributed by atoms with Crippen molar-refractivity contribution in [2.45, 2.75) is 29.1 Å². The maximum atomic E-state index is 14.8. The molecular formula is C16H17F3N2O4S2. The van der Waals surface area contributed by atoms with Gasteiger partial charge in [-0.3, -0.25) is 4.79 Å². The zero-order chi connectivity index (χ0) is 20.2. The molecule has 2 rings (SSSR count). The van der Waals surface area contributed by atoms with Gasteiger partial charge in [-0.25, -0.2) is 26.7 Å². The molecule has 0 amide bonds. The maximum Gasteiger partial charge on any atom is 0.304 e. The second-order valence-electron chi connectivity index (χ2n) is 5.62. The number of thioether (sulfide) groups is 1. The highest BCUT2D eigenvalue weighted by Crippen LogP contribution is 2.37. The number of nitrogens with one attached hydrogen (secondary N) is 1. The summed E-state index contributed by atoms with van der Waals surface area (Å²) in [5.41, 5.74) is -0.0695. The zero-order valence-electron chi connectivity index (χ0n) is 14.0. The first-order valence-electron chi connectivity index (χ1n) is 7.80. The number of aliphatic carboxylic acids is 1. The maximum absolute atomic E-state index is 14.8. The lowest BCUT2D eigenvalue weighted by molar-refractivity contribution is -0.136. The Balaban J connectivity index is 2.46. The molecule has 11 heteroatoms. The molecule has 4 N–H and O–H groups in total. The minimum Gasteiger partial charge on any atom is -0.481 e. The van der Waals surface area contributed by atoms with Crippen molar-refractivity contribution in [3.05, 3.63) is 41.3 Å². The molecule has 27 heavy (non-hydrogen) atoms. The van der Waals surface area contributed by atoms with Gasteiger partial charge < -0.3 is 10.4 Å². The van der Waals surface area contributed by atoms with Crippen LogP contribution in [0.1, 0.15) is 19.3 Å². The van der Waals surface area contributed by atoms with Crippen molar-refractivity contribution >= 4 is 33.4 Å². The molecule has 0 saturated carbocycles. The van der Waals surface area contributed by atoms with E-state index < -0.39 is 55.3 Å². The standard InChI is InChI=1S/C16H17F3N2O4S2/c17-11-12(18)16(27(20,24)25)14(21-8-9-4-2-1-3-5-9)13(19)15(11)26-7-6-10(22)23/h2,4-5,21H,1,3,6-8H2,(H,22,23)(H2,20,24,25). The Bertz CT molecular complexity index is 915. The molecule has 0 unspecified atom stereocenters. The van der Waals surface area contributed by atoms with E-state index in [2.05, 4.69) is 5.32 Å². The smallest absolute Gasteiger partial charge is 0.304 e. The molecule has 0 saturated heterocycles. The normalized spacial score (nSPS) is 14.1. The number of halogens is 3. The number of nitrogens with two attached hydrogens (primary N) is 1. The Morgan fingerprint density at radius 3 is 2.48 bits per heavy atom. The molecule has 6 nitrogen and oxygen atoms in total. The monoisotopic (exact) mass is 422 g/mol. The van der Waals surface area contributed by atoms with Crippen LogP contribution < -0.4 is 10.5 Å². The van der Waals surface area contributed by atoms with E-state index in [4.69, 9.17) is 10.2 Å². The van der Waals surface area contributed by atoms with Gasteiger partial charge in [-0.05, 0) is 18.4 Å². The van der Waals surface area contributed by atoms with E-state index in [9.17, 15) is 26.4 Å². The first kappa shape index (κ1) is 21.3. The number of carboxylic acid groups (broad SMARTS) is 1. The van der Waals surface area contributed by atoms with Crippen molar-refractivity contribution in [1.29, 1.82) is 0 Å². The van der Waals surface area contributed by atoms with E-state index in [0.717, 1.165) is 12.8 Å². The highest BCUT2D eigenvalue weighted by molar-refractivity contribution is 7.99. The molecule has 1 aliphatic carbocycles. The minimum absolute atomic E-state index is 0.0275. The summed E-state index contributed by atoms with van der Waals surface area (Å²) in [6.07, 6.45) is 6.61. The fourth-order valence-electron chi connectivity index (χ4n) is 2.40. The number of carbonyl (C=O) groups is 1. The third kappa shape index (κ3) is 5.27. The molecule has 0 bridgehead atoms. The van der Waals surface area contributed by atoms with Crippen LogP contribution in [0.15, 0.2) is 33.6 Å². The minimum atomic E-state index is -4.77. The number of sulfonamides is 1. The summed E-state index contributed by atoms with van der Waals surface area (Å²) < 4.78 is 66.7. The van der Waals surface area contributed by atoms with E-state index >= 15 is 0 Å². The van der Waals surface area contributed by atoms with E-state index in [1.165, 1.54) is 0 Å². The number of hydrogen-bond acceptors (Lipinski definition) is 5. The third-order valence-corrected chi connectivity index (χ3v) is 5.63. The van der Waals surface area contributed by atoms with Gasteiger partial charge >= 0.3 is 5.97 Å². The number of hydrogen-bond donors (Lipinski definition) is 3. The lowest BCUT2D eigenvalue weighted by Gasteiger charge is -2.17. The SMILES string of the molecule is NS(=O)(=O)c1c(F)c(F)c(SCCC(=O)O)c(F)c1NCC1=CCCC=C1. The third-order valence-electron chi connectivity index (χ3n) is 3.63. The number of rotatable bonds is 8. The first-order valence-corrected chi connectivity index (χ1v) is 10.3. The second kappa shape index (κ2) is 8.81. The van der Waals surface area contributed by atoms with Crippen LogP contribution in [-0.4, -0.2) is 31.8 Å². The molecule has 1 aromatic rings. The molecular weight excluding hydrogens is 405 g/mol. The van der Waals surface area contributed by atoms with Crippen LogP contribution in [0.4, 0.5) is 18.9 Å². The number of anilines is 1. The second-order valence-corrected chi connectivity index (χ2v) is 8.23. The van der Waals surface area contributed by atoms with Crippen molar-refractivity contribution in [2.24, 2.45) is 5.14 Å². The molecule has 0 spiro atoms. The van der Waals surface area contributed by atoms with Crippen LogP contribution in [0.5, 0.6) is 0 Å². The predicted molar refractivity (Wildman–Crippen MR) is 95.6 cm³/mol. The number of primary sulfonamides is 1. The van der Waals surface area contributed by atoms with Crippen molar-refractivity contribution < 1.29 is 31.5 Å². The van der Waals surface area contributed by atoms with Crippen LogP contribution in [0.25, 0.3) is 0 Å². The molecule has 0 radical (unpaired) electrons. The first-order chi connectivity index (χ1) is 12.6. The van der Waals surface area contributed by atoms with Crippen molar-refractivity contribution in [1.82, 2.24) is 0 Å². The van der Waals surface area contributed by atoms with Gasteiger partial charge in [0.1, 0.15) is 4.90 Å². The van der Waals surface area contributed by atoms with Gasteiger partial charge in [0.2, 0.25) is 10.0 Å². The Labute approximate surface area is 158 Å². The molecule has 0 heterocycles. The highest BCUT2D eigenvalue weighted by atomic mass is 32.2. The topological polar surface area (TPSA) is 109 Å². The molecule has 1 aliphatic rings. The lowest BCUT2D eigenvalue weighted by atomic mass is 10.1. The highest BCUT2D eigenvalue weighted by Gasteiger charge is 2.31. The Morgan fingerprint density at radius 1 is 1.22 bits per heavy atom. The summed E-state index contributed by atoms with van der Waals surface area (Å²) in [7, 11) is -4.77. The lowest BCUT2D eigenvalue weighted by Crippen LogP contribution is -2.20. The molecule has 0 fully saturated rings. The summed E-state index contributed by atoms with van der Waals surface area (Å²) in [6.45, 7) is -0.0275. The van der Waals surface area contributed by atoms with Crippen molar-refractivity contribution in [3.63, 3.8) is 0 Å². The predicted octanol–water partition coefficient (Wildman–Crippen LogP) is 3.01. The van der Waals surface area contributed by atoms with Gasteiger partial charge in [0.25, 0.3) is 0 Å². The molecule has 0 atom stereocenters. The molecule has 0 aromatic heterocycles. The summed E-state index contributed by atoms with van der Waals surface area (Å²) in [4.78, 5) is 8.45. The quantitative estimate of drug-likeness (QED) is 0.439. The number of benzene rings is 1. The van der Waals surface area contributed by atoms with Gasteiger partial charge in [0, 0.05) is 12.3 Å². The van der Waals surface area contributed by atoms with Gasteiger partial charge in [0.05, 0.1) is 17.0 Å². The largest absolute Gasteiger partial charge is 0.481 e. The number of carboxylic acids is 1. The zero-order valence-corrected chi connectivity index (χ0v) is 15.6. The van der Waals surface area contributed by atoms with Crippen LogP contribution in [0.2, 0.25) is 0 Å². The van der Waals surface area contributed by atoms with Crippen molar-refractivity contribution in [2.75, 3.05) is 17.6 Å². The summed E-state index contributed by atoms with van der Waals surface area (Å²) in [5.74, 6) is -6.31. The Morgan fingerprint density at radius 2 is 1.93 bits per heavy atom. The van der Waals surface area contributed by atoms with E-state index in [1.54, 1.807) is 6.08 Å². The van der Waals surface area contributed by atoms with Gasteiger partial charge in [-0.15, -0.1) is 11.8 Å². The van der Waals surface area contributed by atoms with Gasteiger partial charge in [-0.2, -0.15) is 0 Å². The van der Waals surface area contributed by atoms with Crippen LogP contribution in [0, 0.1) is 17.5 Å². The average molecular weight is 422 g/mol. The fourth-order valence-corrected chi connectivity index (χ4v) is 4.11. The molecule has 148 valence electrons. The summed E-state index contributed by atoms with van der Waals surface area (Å²) in [5, 5.41) is 16.0. The number of allylic oxidation sites excluding steroid dienone is 2. The molecule has 0 aliphatic heterocycles. The van der Waals surface area contributed by atoms with Crippen LogP contribution in [-0.2, 0) is 14.8 Å². The van der Waals surface area contributed by atoms with E-state index in [-0.39, 0.29) is 12.3 Å². The Kier molecular flexibility index (Phi) is 6.95. The van der Waals surface area contributed by atoms with Crippen molar-refractivity contribution in [3.8, 4) is 0 Å². The van der Waals surface area contributed by atoms with E-state index in [1.807, 2.05) is 12.2 Å².